The standard InChI is InChI=1S/C30H31N3O5S/c1-6-37-24-13-12-19(14-25(24)38-7-2)27-22(29(35)36-5)16-31-30-33(27)28(34)26(39-30)15-20-17-32(18(3)4)23-11-9-8-10-21(20)23/h8-18,27H,6-7H2,1-5H3/b26-15+/t27-/m1/s1. The van der Waals surface area contributed by atoms with E-state index >= 15 is 0 Å². The number of carbonyl (C=O) groups excluding carboxylic acids is 1. The van der Waals surface area contributed by atoms with Gasteiger partial charge in [0, 0.05) is 34.9 Å². The highest BCUT2D eigenvalue weighted by atomic mass is 32.1. The lowest BCUT2D eigenvalue weighted by molar-refractivity contribution is -0.136. The van der Waals surface area contributed by atoms with Gasteiger partial charge >= 0.3 is 5.97 Å². The SMILES string of the molecule is CCOc1ccc([C@@H]2C(C(=O)OC)=CN=c3s/c(=C/c4cn(C(C)C)c5ccccc45)c(=O)n32)cc1OCC. The molecule has 0 amide bonds. The quantitative estimate of drug-likeness (QED) is 0.308. The minimum Gasteiger partial charge on any atom is -0.490 e. The molecule has 0 bridgehead atoms. The lowest BCUT2D eigenvalue weighted by Crippen LogP contribution is -2.39. The molecule has 4 aromatic rings. The van der Waals surface area contributed by atoms with Crippen LogP contribution in [0.4, 0.5) is 0 Å². The number of carbonyl (C=O) groups is 1. The number of thiazole rings is 1. The van der Waals surface area contributed by atoms with Gasteiger partial charge in [-0.2, -0.15) is 0 Å². The van der Waals surface area contributed by atoms with E-state index in [1.165, 1.54) is 24.6 Å². The number of ether oxygens (including phenoxy) is 3. The van der Waals surface area contributed by atoms with Crippen LogP contribution < -0.4 is 24.4 Å². The summed E-state index contributed by atoms with van der Waals surface area (Å²) in [4.78, 5) is 31.8. The van der Waals surface area contributed by atoms with E-state index in [1.807, 2.05) is 44.2 Å². The molecule has 9 heteroatoms. The molecule has 3 heterocycles. The molecule has 0 saturated carbocycles. The lowest BCUT2D eigenvalue weighted by atomic mass is 9.97. The van der Waals surface area contributed by atoms with Crippen LogP contribution in [0.1, 0.15) is 50.9 Å². The second kappa shape index (κ2) is 10.9. The van der Waals surface area contributed by atoms with Gasteiger partial charge < -0.3 is 18.8 Å². The number of rotatable bonds is 8. The average molecular weight is 546 g/mol. The van der Waals surface area contributed by atoms with Crippen molar-refractivity contribution < 1.29 is 19.0 Å². The van der Waals surface area contributed by atoms with Crippen molar-refractivity contribution in [3.8, 4) is 11.5 Å². The Bertz CT molecular complexity index is 1760. The molecule has 1 atom stereocenters. The van der Waals surface area contributed by atoms with Crippen LogP contribution in [-0.2, 0) is 9.53 Å². The average Bonchev–Trinajstić information content (AvgIpc) is 3.47. The van der Waals surface area contributed by atoms with E-state index in [4.69, 9.17) is 14.2 Å². The van der Waals surface area contributed by atoms with Crippen LogP contribution in [0, 0.1) is 0 Å². The molecule has 2 aromatic heterocycles. The van der Waals surface area contributed by atoms with Crippen LogP contribution in [0.25, 0.3) is 17.0 Å². The van der Waals surface area contributed by atoms with Gasteiger partial charge in [-0.25, -0.2) is 9.79 Å². The third-order valence-electron chi connectivity index (χ3n) is 6.62. The molecule has 0 spiro atoms. The molecule has 0 saturated heterocycles. The van der Waals surface area contributed by atoms with Crippen LogP contribution in [0.3, 0.4) is 0 Å². The number of methoxy groups -OCH3 is 1. The van der Waals surface area contributed by atoms with Gasteiger partial charge in [0.2, 0.25) is 0 Å². The fourth-order valence-corrected chi connectivity index (χ4v) is 5.86. The van der Waals surface area contributed by atoms with Crippen molar-refractivity contribution in [2.75, 3.05) is 20.3 Å². The second-order valence-electron chi connectivity index (χ2n) is 9.35. The molecular formula is C30H31N3O5S. The van der Waals surface area contributed by atoms with Gasteiger partial charge in [0.1, 0.15) is 0 Å². The van der Waals surface area contributed by atoms with Gasteiger partial charge in [-0.15, -0.1) is 0 Å². The highest BCUT2D eigenvalue weighted by Gasteiger charge is 2.31. The van der Waals surface area contributed by atoms with Crippen LogP contribution in [0.15, 0.2) is 70.2 Å². The van der Waals surface area contributed by atoms with Crippen molar-refractivity contribution in [1.29, 1.82) is 0 Å². The molecule has 8 nitrogen and oxygen atoms in total. The predicted molar refractivity (Wildman–Crippen MR) is 152 cm³/mol. The summed E-state index contributed by atoms with van der Waals surface area (Å²) >= 11 is 1.29. The summed E-state index contributed by atoms with van der Waals surface area (Å²) in [5.74, 6) is 0.590. The van der Waals surface area contributed by atoms with Gasteiger partial charge in [0.15, 0.2) is 16.3 Å². The van der Waals surface area contributed by atoms with E-state index in [1.54, 1.807) is 10.6 Å². The van der Waals surface area contributed by atoms with Gasteiger partial charge in [0.05, 0.1) is 36.5 Å². The van der Waals surface area contributed by atoms with Crippen molar-refractivity contribution in [3.05, 3.63) is 91.2 Å². The molecule has 39 heavy (non-hydrogen) atoms. The first kappa shape index (κ1) is 26.5. The fourth-order valence-electron chi connectivity index (χ4n) is 4.90. The van der Waals surface area contributed by atoms with Gasteiger partial charge in [-0.1, -0.05) is 35.6 Å². The van der Waals surface area contributed by atoms with E-state index in [0.717, 1.165) is 16.5 Å². The lowest BCUT2D eigenvalue weighted by Gasteiger charge is -2.23. The third kappa shape index (κ3) is 4.78. The summed E-state index contributed by atoms with van der Waals surface area (Å²) in [5, 5.41) is 1.07. The molecule has 1 aliphatic heterocycles. The zero-order valence-electron chi connectivity index (χ0n) is 22.6. The first-order valence-corrected chi connectivity index (χ1v) is 13.8. The Labute approximate surface area is 230 Å². The van der Waals surface area contributed by atoms with Gasteiger partial charge in [0.25, 0.3) is 5.56 Å². The number of fused-ring (bicyclic) bond motifs is 2. The Morgan fingerprint density at radius 3 is 2.56 bits per heavy atom. The van der Waals surface area contributed by atoms with E-state index in [0.29, 0.717) is 39.6 Å². The van der Waals surface area contributed by atoms with E-state index in [-0.39, 0.29) is 17.2 Å². The van der Waals surface area contributed by atoms with E-state index in [2.05, 4.69) is 41.7 Å². The number of hydrogen-bond acceptors (Lipinski definition) is 7. The first-order valence-electron chi connectivity index (χ1n) is 13.0. The maximum Gasteiger partial charge on any atom is 0.337 e. The topological polar surface area (TPSA) is 84.0 Å². The summed E-state index contributed by atoms with van der Waals surface area (Å²) in [7, 11) is 1.32. The summed E-state index contributed by atoms with van der Waals surface area (Å²) < 4.78 is 20.9. The Balaban J connectivity index is 1.70. The van der Waals surface area contributed by atoms with Crippen molar-refractivity contribution >= 4 is 34.3 Å². The number of benzene rings is 2. The molecule has 5 rings (SSSR count). The van der Waals surface area contributed by atoms with Crippen LogP contribution in [-0.4, -0.2) is 35.4 Å². The van der Waals surface area contributed by atoms with Crippen LogP contribution in [0.5, 0.6) is 11.5 Å². The smallest absolute Gasteiger partial charge is 0.337 e. The van der Waals surface area contributed by atoms with Crippen molar-refractivity contribution in [3.63, 3.8) is 0 Å². The number of esters is 1. The number of hydrogen-bond donors (Lipinski definition) is 0. The largest absolute Gasteiger partial charge is 0.490 e. The second-order valence-corrected chi connectivity index (χ2v) is 10.4. The summed E-state index contributed by atoms with van der Waals surface area (Å²) in [5.41, 5.74) is 2.78. The minimum absolute atomic E-state index is 0.230. The summed E-state index contributed by atoms with van der Waals surface area (Å²) in [6.07, 6.45) is 5.48. The maximum atomic E-state index is 14.0. The van der Waals surface area contributed by atoms with E-state index < -0.39 is 12.0 Å². The first-order chi connectivity index (χ1) is 18.9. The Morgan fingerprint density at radius 1 is 1.10 bits per heavy atom. The maximum absolute atomic E-state index is 14.0. The van der Waals surface area contributed by atoms with Crippen molar-refractivity contribution in [2.45, 2.75) is 39.8 Å². The normalized spacial score (nSPS) is 15.2. The van der Waals surface area contributed by atoms with E-state index in [9.17, 15) is 9.59 Å². The van der Waals surface area contributed by atoms with Gasteiger partial charge in [-0.05, 0) is 57.5 Å². The highest BCUT2D eigenvalue weighted by Crippen LogP contribution is 2.35. The molecule has 0 fully saturated rings. The van der Waals surface area contributed by atoms with Crippen molar-refractivity contribution in [1.82, 2.24) is 9.13 Å². The number of para-hydroxylation sites is 1. The van der Waals surface area contributed by atoms with Crippen LogP contribution in [0.2, 0.25) is 0 Å². The number of aromatic nitrogens is 2. The molecule has 0 unspecified atom stereocenters. The summed E-state index contributed by atoms with van der Waals surface area (Å²) in [6, 6.07) is 13.1. The molecule has 0 aliphatic carbocycles. The molecule has 202 valence electrons. The van der Waals surface area contributed by atoms with Gasteiger partial charge in [-0.3, -0.25) is 9.36 Å². The predicted octanol–water partition coefficient (Wildman–Crippen LogP) is 4.35. The minimum atomic E-state index is -0.734. The Morgan fingerprint density at radius 2 is 1.85 bits per heavy atom. The summed E-state index contributed by atoms with van der Waals surface area (Å²) in [6.45, 7) is 8.97. The molecule has 2 aromatic carbocycles. The molecule has 0 radical (unpaired) electrons. The molecular weight excluding hydrogens is 514 g/mol. The molecule has 1 aliphatic rings. The van der Waals surface area contributed by atoms with Crippen LogP contribution >= 0.6 is 11.3 Å². The Kier molecular flexibility index (Phi) is 7.43. The zero-order chi connectivity index (χ0) is 27.7. The highest BCUT2D eigenvalue weighted by molar-refractivity contribution is 7.07. The van der Waals surface area contributed by atoms with Crippen molar-refractivity contribution in [2.24, 2.45) is 4.99 Å². The number of nitrogens with zero attached hydrogens (tertiary/aromatic N) is 3. The zero-order valence-corrected chi connectivity index (χ0v) is 23.5. The molecule has 0 N–H and O–H groups in total. The fraction of sp³-hybridized carbons (Fsp3) is 0.300. The Hall–Kier alpha value is -4.11. The third-order valence-corrected chi connectivity index (χ3v) is 7.62. The monoisotopic (exact) mass is 545 g/mol.